The zero-order valence-corrected chi connectivity index (χ0v) is 10.9. The lowest BCUT2D eigenvalue weighted by molar-refractivity contribution is -0.126. The third-order valence-electron chi connectivity index (χ3n) is 3.35. The van der Waals surface area contributed by atoms with Crippen LogP contribution in [0.4, 0.5) is 0 Å². The van der Waals surface area contributed by atoms with Gasteiger partial charge in [0.2, 0.25) is 5.91 Å². The predicted octanol–water partition coefficient (Wildman–Crippen LogP) is 1.97. The van der Waals surface area contributed by atoms with Crippen LogP contribution in [0.3, 0.4) is 0 Å². The molecule has 0 aromatic rings. The number of rotatable bonds is 6. The molecule has 17 heavy (non-hydrogen) atoms. The smallest absolute Gasteiger partial charge is 0.223 e. The van der Waals surface area contributed by atoms with E-state index in [1.807, 2.05) is 0 Å². The molecule has 0 aromatic carbocycles. The van der Waals surface area contributed by atoms with Crippen molar-refractivity contribution >= 4 is 5.91 Å². The van der Waals surface area contributed by atoms with Crippen LogP contribution in [-0.4, -0.2) is 37.5 Å². The first-order chi connectivity index (χ1) is 8.13. The van der Waals surface area contributed by atoms with Crippen LogP contribution in [0.25, 0.3) is 0 Å². The molecule has 0 aliphatic carbocycles. The van der Waals surface area contributed by atoms with Crippen LogP contribution in [0.15, 0.2) is 24.8 Å². The molecule has 1 aliphatic rings. The van der Waals surface area contributed by atoms with Gasteiger partial charge in [-0.1, -0.05) is 24.8 Å². The summed E-state index contributed by atoms with van der Waals surface area (Å²) < 4.78 is 0. The first-order valence-corrected chi connectivity index (χ1v) is 6.40. The molecule has 1 amide bonds. The van der Waals surface area contributed by atoms with Crippen LogP contribution in [0, 0.1) is 5.92 Å². The number of nitrogens with zero attached hydrogens (tertiary/aromatic N) is 1. The lowest BCUT2D eigenvalue weighted by Crippen LogP contribution is -2.39. The molecule has 1 saturated heterocycles. The molecule has 1 N–H and O–H groups in total. The van der Waals surface area contributed by atoms with E-state index in [9.17, 15) is 4.79 Å². The molecule has 0 radical (unpaired) electrons. The van der Waals surface area contributed by atoms with E-state index in [0.717, 1.165) is 50.9 Å². The Hall–Kier alpha value is -1.09. The van der Waals surface area contributed by atoms with E-state index in [2.05, 4.69) is 30.4 Å². The van der Waals surface area contributed by atoms with Crippen LogP contribution in [0.1, 0.15) is 25.7 Å². The van der Waals surface area contributed by atoms with Gasteiger partial charge >= 0.3 is 0 Å². The van der Waals surface area contributed by atoms with Gasteiger partial charge in [-0.2, -0.15) is 0 Å². The minimum atomic E-state index is 0.216. The van der Waals surface area contributed by atoms with E-state index >= 15 is 0 Å². The Morgan fingerprint density at radius 1 is 1.47 bits per heavy atom. The topological polar surface area (TPSA) is 32.3 Å². The van der Waals surface area contributed by atoms with E-state index < -0.39 is 0 Å². The molecule has 0 unspecified atom stereocenters. The average molecular weight is 236 g/mol. The Morgan fingerprint density at radius 2 is 2.12 bits per heavy atom. The van der Waals surface area contributed by atoms with Gasteiger partial charge in [0.05, 0.1) is 0 Å². The molecular formula is C14H24N2O. The van der Waals surface area contributed by atoms with Gasteiger partial charge in [0.25, 0.3) is 0 Å². The highest BCUT2D eigenvalue weighted by molar-refractivity contribution is 5.78. The SMILES string of the molecule is C=CC(=C)CCCNC(=O)C1CCN(C)CC1. The highest BCUT2D eigenvalue weighted by Gasteiger charge is 2.22. The van der Waals surface area contributed by atoms with Gasteiger partial charge in [-0.3, -0.25) is 4.79 Å². The molecule has 1 rings (SSSR count). The average Bonchev–Trinajstić information content (AvgIpc) is 2.34. The third kappa shape index (κ3) is 5.18. The van der Waals surface area contributed by atoms with Crippen LogP contribution in [-0.2, 0) is 4.79 Å². The second-order valence-electron chi connectivity index (χ2n) is 4.83. The molecule has 3 heteroatoms. The van der Waals surface area contributed by atoms with Gasteiger partial charge in [0.1, 0.15) is 0 Å². The van der Waals surface area contributed by atoms with Crippen molar-refractivity contribution in [1.82, 2.24) is 10.2 Å². The normalized spacial score (nSPS) is 17.7. The largest absolute Gasteiger partial charge is 0.356 e. The van der Waals surface area contributed by atoms with Crippen LogP contribution in [0.5, 0.6) is 0 Å². The predicted molar refractivity (Wildman–Crippen MR) is 71.8 cm³/mol. The van der Waals surface area contributed by atoms with Crippen molar-refractivity contribution in [3.8, 4) is 0 Å². The second-order valence-corrected chi connectivity index (χ2v) is 4.83. The standard InChI is InChI=1S/C14H24N2O/c1-4-12(2)6-5-9-15-14(17)13-7-10-16(3)11-8-13/h4,13H,1-2,5-11H2,3H3,(H,15,17). The molecule has 0 bridgehead atoms. The Morgan fingerprint density at radius 3 is 2.71 bits per heavy atom. The van der Waals surface area contributed by atoms with Crippen molar-refractivity contribution < 1.29 is 4.79 Å². The lowest BCUT2D eigenvalue weighted by Gasteiger charge is -2.28. The number of hydrogen-bond donors (Lipinski definition) is 1. The molecule has 96 valence electrons. The number of allylic oxidation sites excluding steroid dienone is 2. The van der Waals surface area contributed by atoms with Crippen molar-refractivity contribution in [2.45, 2.75) is 25.7 Å². The Balaban J connectivity index is 2.12. The monoisotopic (exact) mass is 236 g/mol. The van der Waals surface area contributed by atoms with Crippen molar-refractivity contribution in [1.29, 1.82) is 0 Å². The van der Waals surface area contributed by atoms with Crippen LogP contribution >= 0.6 is 0 Å². The summed E-state index contributed by atoms with van der Waals surface area (Å²) in [5.41, 5.74) is 1.04. The Kier molecular flexibility index (Phi) is 5.98. The zero-order valence-electron chi connectivity index (χ0n) is 10.9. The van der Waals surface area contributed by atoms with Gasteiger partial charge in [0, 0.05) is 12.5 Å². The summed E-state index contributed by atoms with van der Waals surface area (Å²) in [5, 5.41) is 3.01. The maximum atomic E-state index is 11.8. The molecule has 1 aliphatic heterocycles. The number of carbonyl (C=O) groups excluding carboxylic acids is 1. The van der Waals surface area contributed by atoms with E-state index in [-0.39, 0.29) is 11.8 Å². The third-order valence-corrected chi connectivity index (χ3v) is 3.35. The van der Waals surface area contributed by atoms with E-state index in [0.29, 0.717) is 0 Å². The number of hydrogen-bond acceptors (Lipinski definition) is 2. The number of likely N-dealkylation sites (tertiary alicyclic amines) is 1. The Bertz CT molecular complexity index is 278. The molecular weight excluding hydrogens is 212 g/mol. The summed E-state index contributed by atoms with van der Waals surface area (Å²) in [6.07, 6.45) is 5.61. The first kappa shape index (κ1) is 14.0. The zero-order chi connectivity index (χ0) is 12.7. The minimum absolute atomic E-state index is 0.216. The van der Waals surface area contributed by atoms with E-state index in [4.69, 9.17) is 0 Å². The van der Waals surface area contributed by atoms with Crippen molar-refractivity contribution in [2.24, 2.45) is 5.92 Å². The van der Waals surface area contributed by atoms with E-state index in [1.54, 1.807) is 6.08 Å². The number of amides is 1. The summed E-state index contributed by atoms with van der Waals surface area (Å²) in [6, 6.07) is 0. The summed E-state index contributed by atoms with van der Waals surface area (Å²) in [4.78, 5) is 14.1. The fraction of sp³-hybridized carbons (Fsp3) is 0.643. The fourth-order valence-electron chi connectivity index (χ4n) is 2.04. The molecule has 0 atom stereocenters. The van der Waals surface area contributed by atoms with E-state index in [1.165, 1.54) is 0 Å². The first-order valence-electron chi connectivity index (χ1n) is 6.40. The molecule has 1 fully saturated rings. The molecule has 3 nitrogen and oxygen atoms in total. The molecule has 0 saturated carbocycles. The van der Waals surface area contributed by atoms with Gasteiger partial charge in [-0.15, -0.1) is 0 Å². The van der Waals surface area contributed by atoms with Gasteiger partial charge < -0.3 is 10.2 Å². The molecule has 0 spiro atoms. The van der Waals surface area contributed by atoms with Crippen LogP contribution < -0.4 is 5.32 Å². The molecule has 0 aromatic heterocycles. The van der Waals surface area contributed by atoms with Crippen molar-refractivity contribution in [3.63, 3.8) is 0 Å². The van der Waals surface area contributed by atoms with Gasteiger partial charge in [-0.05, 0) is 45.8 Å². The summed E-state index contributed by atoms with van der Waals surface area (Å²) in [5.74, 6) is 0.441. The minimum Gasteiger partial charge on any atom is -0.356 e. The quantitative estimate of drug-likeness (QED) is 0.565. The van der Waals surface area contributed by atoms with Crippen molar-refractivity contribution in [3.05, 3.63) is 24.8 Å². The van der Waals surface area contributed by atoms with Gasteiger partial charge in [-0.25, -0.2) is 0 Å². The lowest BCUT2D eigenvalue weighted by atomic mass is 9.96. The molecule has 1 heterocycles. The van der Waals surface area contributed by atoms with Crippen molar-refractivity contribution in [2.75, 3.05) is 26.7 Å². The summed E-state index contributed by atoms with van der Waals surface area (Å²) in [6.45, 7) is 10.3. The Labute approximate surface area is 105 Å². The number of nitrogens with one attached hydrogen (secondary N) is 1. The fourth-order valence-corrected chi connectivity index (χ4v) is 2.04. The number of piperidine rings is 1. The second kappa shape index (κ2) is 7.28. The summed E-state index contributed by atoms with van der Waals surface area (Å²) in [7, 11) is 2.11. The number of carbonyl (C=O) groups is 1. The maximum Gasteiger partial charge on any atom is 0.223 e. The maximum absolute atomic E-state index is 11.8. The van der Waals surface area contributed by atoms with Crippen LogP contribution in [0.2, 0.25) is 0 Å². The summed E-state index contributed by atoms with van der Waals surface area (Å²) >= 11 is 0. The van der Waals surface area contributed by atoms with Gasteiger partial charge in [0.15, 0.2) is 0 Å². The highest BCUT2D eigenvalue weighted by atomic mass is 16.1. The highest BCUT2D eigenvalue weighted by Crippen LogP contribution is 2.15.